The highest BCUT2D eigenvalue weighted by Crippen LogP contribution is 2.21. The van der Waals surface area contributed by atoms with E-state index in [0.717, 1.165) is 25.0 Å². The average Bonchev–Trinajstić information content (AvgIpc) is 2.62. The van der Waals surface area contributed by atoms with Gasteiger partial charge in [-0.15, -0.1) is 0 Å². The molecule has 0 bridgehead atoms. The number of sulfonamides is 1. The fraction of sp³-hybridized carbons (Fsp3) is 0.588. The van der Waals surface area contributed by atoms with Crippen molar-refractivity contribution >= 4 is 15.9 Å². The van der Waals surface area contributed by atoms with Crippen LogP contribution < -0.4 is 0 Å². The van der Waals surface area contributed by atoms with Crippen molar-refractivity contribution in [3.05, 3.63) is 29.6 Å². The highest BCUT2D eigenvalue weighted by Gasteiger charge is 2.28. The van der Waals surface area contributed by atoms with Gasteiger partial charge in [0.15, 0.2) is 0 Å². The molecule has 1 amide bonds. The summed E-state index contributed by atoms with van der Waals surface area (Å²) in [5.74, 6) is -1.18. The van der Waals surface area contributed by atoms with Crippen LogP contribution in [0.15, 0.2) is 23.1 Å². The summed E-state index contributed by atoms with van der Waals surface area (Å²) in [6, 6.07) is 3.41. The van der Waals surface area contributed by atoms with Gasteiger partial charge in [-0.25, -0.2) is 12.8 Å². The lowest BCUT2D eigenvalue weighted by Crippen LogP contribution is -2.40. The Morgan fingerprint density at radius 3 is 2.36 bits per heavy atom. The predicted octanol–water partition coefficient (Wildman–Crippen LogP) is 2.11. The summed E-state index contributed by atoms with van der Waals surface area (Å²) >= 11 is 0. The van der Waals surface area contributed by atoms with Gasteiger partial charge in [0.25, 0.3) is 5.91 Å². The third kappa shape index (κ3) is 4.56. The summed E-state index contributed by atoms with van der Waals surface area (Å²) in [7, 11) is -3.77. The van der Waals surface area contributed by atoms with Crippen molar-refractivity contribution in [2.24, 2.45) is 0 Å². The quantitative estimate of drug-likeness (QED) is 0.735. The third-order valence-corrected chi connectivity index (χ3v) is 5.94. The number of carbonyl (C=O) groups excluding carboxylic acids is 1. The van der Waals surface area contributed by atoms with E-state index in [4.69, 9.17) is 4.74 Å². The molecular formula is C17H25FN2O4S. The minimum absolute atomic E-state index is 0.0629. The molecule has 140 valence electrons. The van der Waals surface area contributed by atoms with Crippen LogP contribution in [0.1, 0.15) is 37.0 Å². The zero-order chi connectivity index (χ0) is 18.4. The summed E-state index contributed by atoms with van der Waals surface area (Å²) in [5.41, 5.74) is -0.198. The monoisotopic (exact) mass is 372 g/mol. The zero-order valence-corrected chi connectivity index (χ0v) is 15.5. The second kappa shape index (κ2) is 8.73. The molecule has 6 nitrogen and oxygen atoms in total. The van der Waals surface area contributed by atoms with Gasteiger partial charge in [-0.1, -0.05) is 13.8 Å². The standard InChI is InChI=1S/C17H25FN2O4S/c1-3-7-19(8-4-2)17(21)15-13-14(5-6-16(15)18)25(22,23)20-9-11-24-12-10-20/h5-6,13H,3-4,7-12H2,1-2H3. The van der Waals surface area contributed by atoms with Crippen molar-refractivity contribution in [1.82, 2.24) is 9.21 Å². The number of halogens is 1. The maximum atomic E-state index is 14.2. The van der Waals surface area contributed by atoms with Crippen molar-refractivity contribution in [2.75, 3.05) is 39.4 Å². The van der Waals surface area contributed by atoms with E-state index in [9.17, 15) is 17.6 Å². The summed E-state index contributed by atoms with van der Waals surface area (Å²) in [4.78, 5) is 14.2. The fourth-order valence-electron chi connectivity index (χ4n) is 2.79. The summed E-state index contributed by atoms with van der Waals surface area (Å²) in [6.07, 6.45) is 1.50. The average molecular weight is 372 g/mol. The first kappa shape index (κ1) is 19.8. The number of hydrogen-bond acceptors (Lipinski definition) is 4. The molecule has 1 aromatic carbocycles. The molecule has 0 N–H and O–H groups in total. The Bertz CT molecular complexity index is 697. The minimum atomic E-state index is -3.77. The van der Waals surface area contributed by atoms with Crippen LogP contribution in [0, 0.1) is 5.82 Å². The normalized spacial score (nSPS) is 16.0. The zero-order valence-electron chi connectivity index (χ0n) is 14.7. The molecule has 25 heavy (non-hydrogen) atoms. The second-order valence-electron chi connectivity index (χ2n) is 5.95. The lowest BCUT2D eigenvalue weighted by atomic mass is 10.1. The summed E-state index contributed by atoms with van der Waals surface area (Å²) in [6.45, 7) is 6.04. The number of hydrogen-bond donors (Lipinski definition) is 0. The van der Waals surface area contributed by atoms with Crippen molar-refractivity contribution < 1.29 is 22.3 Å². The van der Waals surface area contributed by atoms with Gasteiger partial charge in [-0.2, -0.15) is 4.31 Å². The molecule has 0 atom stereocenters. The van der Waals surface area contributed by atoms with E-state index in [1.165, 1.54) is 10.4 Å². The van der Waals surface area contributed by atoms with Gasteiger partial charge in [0, 0.05) is 26.2 Å². The van der Waals surface area contributed by atoms with Crippen LogP contribution >= 0.6 is 0 Å². The Balaban J connectivity index is 2.34. The molecule has 0 saturated carbocycles. The Hall–Kier alpha value is -1.51. The fourth-order valence-corrected chi connectivity index (χ4v) is 4.22. The first-order valence-electron chi connectivity index (χ1n) is 8.58. The number of ether oxygens (including phenoxy) is 1. The van der Waals surface area contributed by atoms with E-state index in [2.05, 4.69) is 0 Å². The Kier molecular flexibility index (Phi) is 6.92. The molecule has 0 aromatic heterocycles. The van der Waals surface area contributed by atoms with E-state index >= 15 is 0 Å². The molecule has 1 aromatic rings. The lowest BCUT2D eigenvalue weighted by Gasteiger charge is -2.26. The molecule has 1 fully saturated rings. The molecule has 0 spiro atoms. The van der Waals surface area contributed by atoms with Crippen LogP contribution in [-0.2, 0) is 14.8 Å². The number of morpholine rings is 1. The molecule has 1 heterocycles. The van der Waals surface area contributed by atoms with Gasteiger partial charge in [0.05, 0.1) is 23.7 Å². The predicted molar refractivity (Wildman–Crippen MR) is 92.5 cm³/mol. The van der Waals surface area contributed by atoms with Gasteiger partial charge >= 0.3 is 0 Å². The molecule has 1 saturated heterocycles. The van der Waals surface area contributed by atoms with Gasteiger partial charge in [-0.05, 0) is 31.0 Å². The number of rotatable bonds is 7. The summed E-state index contributed by atoms with van der Waals surface area (Å²) < 4.78 is 46.1. The number of nitrogens with zero attached hydrogens (tertiary/aromatic N) is 2. The SMILES string of the molecule is CCCN(CCC)C(=O)c1cc(S(=O)(=O)N2CCOCC2)ccc1F. The van der Waals surface area contributed by atoms with E-state index in [0.29, 0.717) is 26.3 Å². The van der Waals surface area contributed by atoms with Crippen LogP contribution in [-0.4, -0.2) is 62.9 Å². The van der Waals surface area contributed by atoms with Crippen LogP contribution in [0.4, 0.5) is 4.39 Å². The summed E-state index contributed by atoms with van der Waals surface area (Å²) in [5, 5.41) is 0. The molecule has 8 heteroatoms. The van der Waals surface area contributed by atoms with Crippen LogP contribution in [0.25, 0.3) is 0 Å². The second-order valence-corrected chi connectivity index (χ2v) is 7.89. The van der Waals surface area contributed by atoms with Crippen LogP contribution in [0.2, 0.25) is 0 Å². The number of amides is 1. The van der Waals surface area contributed by atoms with E-state index in [1.807, 2.05) is 13.8 Å². The highest BCUT2D eigenvalue weighted by molar-refractivity contribution is 7.89. The van der Waals surface area contributed by atoms with E-state index in [-0.39, 0.29) is 23.5 Å². The van der Waals surface area contributed by atoms with Gasteiger partial charge in [0.1, 0.15) is 5.82 Å². The first-order valence-corrected chi connectivity index (χ1v) is 10.0. The number of benzene rings is 1. The number of carbonyl (C=O) groups is 1. The van der Waals surface area contributed by atoms with Crippen molar-refractivity contribution in [3.63, 3.8) is 0 Å². The maximum absolute atomic E-state index is 14.2. The molecule has 2 rings (SSSR count). The Morgan fingerprint density at radius 1 is 1.20 bits per heavy atom. The van der Waals surface area contributed by atoms with E-state index < -0.39 is 21.7 Å². The van der Waals surface area contributed by atoms with Crippen molar-refractivity contribution in [3.8, 4) is 0 Å². The van der Waals surface area contributed by atoms with Crippen LogP contribution in [0.5, 0.6) is 0 Å². The van der Waals surface area contributed by atoms with Crippen molar-refractivity contribution in [1.29, 1.82) is 0 Å². The smallest absolute Gasteiger partial charge is 0.256 e. The lowest BCUT2D eigenvalue weighted by molar-refractivity contribution is 0.0729. The molecule has 1 aliphatic heterocycles. The Morgan fingerprint density at radius 2 is 1.80 bits per heavy atom. The van der Waals surface area contributed by atoms with Gasteiger partial charge in [-0.3, -0.25) is 4.79 Å². The third-order valence-electron chi connectivity index (χ3n) is 4.05. The molecule has 0 aliphatic carbocycles. The maximum Gasteiger partial charge on any atom is 0.256 e. The molecule has 0 unspecified atom stereocenters. The Labute approximate surface area is 148 Å². The van der Waals surface area contributed by atoms with Crippen LogP contribution in [0.3, 0.4) is 0 Å². The van der Waals surface area contributed by atoms with Gasteiger partial charge in [0.2, 0.25) is 10.0 Å². The minimum Gasteiger partial charge on any atom is -0.379 e. The van der Waals surface area contributed by atoms with Gasteiger partial charge < -0.3 is 9.64 Å². The largest absolute Gasteiger partial charge is 0.379 e. The topological polar surface area (TPSA) is 66.9 Å². The molecular weight excluding hydrogens is 347 g/mol. The molecule has 0 radical (unpaired) electrons. The van der Waals surface area contributed by atoms with Crippen molar-refractivity contribution in [2.45, 2.75) is 31.6 Å². The first-order chi connectivity index (χ1) is 11.9. The molecule has 1 aliphatic rings. The highest BCUT2D eigenvalue weighted by atomic mass is 32.2. The van der Waals surface area contributed by atoms with E-state index in [1.54, 1.807) is 4.90 Å².